The van der Waals surface area contributed by atoms with Crippen LogP contribution < -0.4 is 5.32 Å². The van der Waals surface area contributed by atoms with E-state index in [1.807, 2.05) is 0 Å². The Morgan fingerprint density at radius 3 is 2.58 bits per heavy atom. The highest BCUT2D eigenvalue weighted by Crippen LogP contribution is 2.33. The number of ether oxygens (including phenoxy) is 2. The Balaban J connectivity index is 1.62. The van der Waals surface area contributed by atoms with Crippen LogP contribution in [0.3, 0.4) is 0 Å². The molecule has 2 saturated heterocycles. The number of hydrogen-bond donors (Lipinski definition) is 1. The van der Waals surface area contributed by atoms with E-state index in [9.17, 15) is 0 Å². The second kappa shape index (κ2) is 5.32. The minimum atomic E-state index is 0.160. The Morgan fingerprint density at radius 2 is 1.95 bits per heavy atom. The van der Waals surface area contributed by atoms with Crippen LogP contribution in [0.1, 0.15) is 33.1 Å². The molecule has 1 aliphatic carbocycles. The molecule has 3 rings (SSSR count). The van der Waals surface area contributed by atoms with Crippen molar-refractivity contribution in [2.75, 3.05) is 46.1 Å². The normalized spacial score (nSPS) is 35.7. The van der Waals surface area contributed by atoms with Crippen molar-refractivity contribution in [3.8, 4) is 0 Å². The monoisotopic (exact) mass is 268 g/mol. The largest absolute Gasteiger partial charge is 0.381 e. The van der Waals surface area contributed by atoms with Crippen molar-refractivity contribution in [2.24, 2.45) is 5.41 Å². The summed E-state index contributed by atoms with van der Waals surface area (Å²) in [4.78, 5) is 2.61. The summed E-state index contributed by atoms with van der Waals surface area (Å²) in [6, 6.07) is 0.787. The van der Waals surface area contributed by atoms with Gasteiger partial charge in [0.1, 0.15) is 0 Å². The number of nitrogens with one attached hydrogen (secondary N) is 1. The van der Waals surface area contributed by atoms with Crippen LogP contribution in [0.4, 0.5) is 0 Å². The number of morpholine rings is 1. The van der Waals surface area contributed by atoms with Crippen molar-refractivity contribution in [3.05, 3.63) is 0 Å². The van der Waals surface area contributed by atoms with Gasteiger partial charge in [-0.15, -0.1) is 0 Å². The van der Waals surface area contributed by atoms with Gasteiger partial charge in [0.25, 0.3) is 0 Å². The van der Waals surface area contributed by atoms with Crippen molar-refractivity contribution in [1.82, 2.24) is 10.2 Å². The second-order valence-electron chi connectivity index (χ2n) is 7.24. The minimum absolute atomic E-state index is 0.160. The van der Waals surface area contributed by atoms with Gasteiger partial charge in [0.05, 0.1) is 19.8 Å². The fourth-order valence-electron chi connectivity index (χ4n) is 3.21. The van der Waals surface area contributed by atoms with Crippen LogP contribution >= 0.6 is 0 Å². The molecule has 0 amide bonds. The Bertz CT molecular complexity index is 309. The van der Waals surface area contributed by atoms with Crippen molar-refractivity contribution in [1.29, 1.82) is 0 Å². The summed E-state index contributed by atoms with van der Waals surface area (Å²) in [6.45, 7) is 11.5. The lowest BCUT2D eigenvalue weighted by Gasteiger charge is -2.46. The molecule has 2 aliphatic heterocycles. The number of hydrogen-bond acceptors (Lipinski definition) is 4. The molecular formula is C15H28N2O2. The zero-order valence-corrected chi connectivity index (χ0v) is 12.4. The quantitative estimate of drug-likeness (QED) is 0.814. The van der Waals surface area contributed by atoms with Gasteiger partial charge in [0.15, 0.2) is 0 Å². The average molecular weight is 268 g/mol. The van der Waals surface area contributed by atoms with Crippen LogP contribution in [0, 0.1) is 5.41 Å². The summed E-state index contributed by atoms with van der Waals surface area (Å²) in [5.41, 5.74) is 0.477. The SMILES string of the molecule is CC1(C)COCCN1CC1(CNC2CC2)CCOC1. The summed E-state index contributed by atoms with van der Waals surface area (Å²) in [5.74, 6) is 0. The maximum absolute atomic E-state index is 5.72. The third-order valence-corrected chi connectivity index (χ3v) is 4.87. The van der Waals surface area contributed by atoms with Gasteiger partial charge in [0, 0.05) is 43.2 Å². The van der Waals surface area contributed by atoms with Crippen molar-refractivity contribution in [3.63, 3.8) is 0 Å². The highest BCUT2D eigenvalue weighted by Gasteiger charge is 2.41. The fourth-order valence-corrected chi connectivity index (χ4v) is 3.21. The molecule has 2 heterocycles. The number of rotatable bonds is 5. The van der Waals surface area contributed by atoms with Gasteiger partial charge in [-0.3, -0.25) is 4.90 Å². The van der Waals surface area contributed by atoms with Gasteiger partial charge in [-0.05, 0) is 33.1 Å². The Hall–Kier alpha value is -0.160. The van der Waals surface area contributed by atoms with Gasteiger partial charge in [-0.2, -0.15) is 0 Å². The molecule has 1 unspecified atom stereocenters. The van der Waals surface area contributed by atoms with E-state index in [2.05, 4.69) is 24.1 Å². The Kier molecular flexibility index (Phi) is 3.87. The van der Waals surface area contributed by atoms with E-state index in [1.54, 1.807) is 0 Å². The highest BCUT2D eigenvalue weighted by atomic mass is 16.5. The molecule has 0 radical (unpaired) electrons. The summed E-state index contributed by atoms with van der Waals surface area (Å²) in [5, 5.41) is 3.72. The second-order valence-corrected chi connectivity index (χ2v) is 7.24. The van der Waals surface area contributed by atoms with Crippen LogP contribution in [-0.2, 0) is 9.47 Å². The van der Waals surface area contributed by atoms with Crippen LogP contribution in [0.25, 0.3) is 0 Å². The standard InChI is InChI=1S/C15H28N2O2/c1-14(2)11-19-8-6-17(14)10-15(5-7-18-12-15)9-16-13-3-4-13/h13,16H,3-12H2,1-2H3. The molecule has 3 aliphatic rings. The van der Waals surface area contributed by atoms with Crippen molar-refractivity contribution in [2.45, 2.75) is 44.7 Å². The molecule has 1 saturated carbocycles. The molecule has 4 heteroatoms. The van der Waals surface area contributed by atoms with Crippen LogP contribution in [0.2, 0.25) is 0 Å². The summed E-state index contributed by atoms with van der Waals surface area (Å²) >= 11 is 0. The highest BCUT2D eigenvalue weighted by molar-refractivity contribution is 4.95. The molecule has 0 bridgehead atoms. The third kappa shape index (κ3) is 3.30. The summed E-state index contributed by atoms with van der Waals surface area (Å²) < 4.78 is 11.4. The zero-order chi connectivity index (χ0) is 13.3. The summed E-state index contributed by atoms with van der Waals surface area (Å²) in [6.07, 6.45) is 3.92. The van der Waals surface area contributed by atoms with E-state index < -0.39 is 0 Å². The first-order valence-corrected chi connectivity index (χ1v) is 7.74. The lowest BCUT2D eigenvalue weighted by atomic mass is 9.84. The molecule has 4 nitrogen and oxygen atoms in total. The maximum Gasteiger partial charge on any atom is 0.0645 e. The molecule has 3 fully saturated rings. The maximum atomic E-state index is 5.72. The predicted molar refractivity (Wildman–Crippen MR) is 75.4 cm³/mol. The van der Waals surface area contributed by atoms with Gasteiger partial charge in [-0.25, -0.2) is 0 Å². The average Bonchev–Trinajstić information content (AvgIpc) is 3.10. The molecule has 110 valence electrons. The van der Waals surface area contributed by atoms with E-state index in [1.165, 1.54) is 19.3 Å². The summed E-state index contributed by atoms with van der Waals surface area (Å²) in [7, 11) is 0. The topological polar surface area (TPSA) is 33.7 Å². The van der Waals surface area contributed by atoms with E-state index >= 15 is 0 Å². The fraction of sp³-hybridized carbons (Fsp3) is 1.00. The molecular weight excluding hydrogens is 240 g/mol. The van der Waals surface area contributed by atoms with E-state index in [0.29, 0.717) is 5.41 Å². The first-order chi connectivity index (χ1) is 9.10. The van der Waals surface area contributed by atoms with Crippen LogP contribution in [-0.4, -0.2) is 62.5 Å². The van der Waals surface area contributed by atoms with Crippen LogP contribution in [0.15, 0.2) is 0 Å². The van der Waals surface area contributed by atoms with Gasteiger partial charge in [-0.1, -0.05) is 0 Å². The zero-order valence-electron chi connectivity index (χ0n) is 12.4. The predicted octanol–water partition coefficient (Wildman–Crippen LogP) is 1.26. The lowest BCUT2D eigenvalue weighted by Crippen LogP contribution is -2.57. The molecule has 0 aromatic rings. The number of nitrogens with zero attached hydrogens (tertiary/aromatic N) is 1. The molecule has 0 aromatic heterocycles. The first-order valence-electron chi connectivity index (χ1n) is 7.74. The lowest BCUT2D eigenvalue weighted by molar-refractivity contribution is -0.0688. The van der Waals surface area contributed by atoms with E-state index in [4.69, 9.17) is 9.47 Å². The van der Waals surface area contributed by atoms with Crippen molar-refractivity contribution >= 4 is 0 Å². The Labute approximate surface area is 116 Å². The van der Waals surface area contributed by atoms with Gasteiger partial charge >= 0.3 is 0 Å². The smallest absolute Gasteiger partial charge is 0.0645 e. The van der Waals surface area contributed by atoms with Gasteiger partial charge < -0.3 is 14.8 Å². The molecule has 1 atom stereocenters. The van der Waals surface area contributed by atoms with Gasteiger partial charge in [0.2, 0.25) is 0 Å². The van der Waals surface area contributed by atoms with Crippen LogP contribution in [0.5, 0.6) is 0 Å². The van der Waals surface area contributed by atoms with Crippen molar-refractivity contribution < 1.29 is 9.47 Å². The Morgan fingerprint density at radius 1 is 1.16 bits per heavy atom. The first kappa shape index (κ1) is 13.8. The molecule has 0 spiro atoms. The third-order valence-electron chi connectivity index (χ3n) is 4.87. The molecule has 1 N–H and O–H groups in total. The molecule has 0 aromatic carbocycles. The minimum Gasteiger partial charge on any atom is -0.381 e. The molecule has 19 heavy (non-hydrogen) atoms. The van der Waals surface area contributed by atoms with E-state index in [-0.39, 0.29) is 5.54 Å². The van der Waals surface area contributed by atoms with E-state index in [0.717, 1.165) is 52.1 Å².